The molecule has 6 rings (SSSR count). The summed E-state index contributed by atoms with van der Waals surface area (Å²) in [6.45, 7) is 0. The Morgan fingerprint density at radius 2 is 1.57 bits per heavy atom. The molecule has 6 nitrogen and oxygen atoms in total. The molecule has 1 unspecified atom stereocenters. The molecule has 0 aliphatic carbocycles. The van der Waals surface area contributed by atoms with Gasteiger partial charge in [0.25, 0.3) is 5.91 Å². The zero-order valence-electron chi connectivity index (χ0n) is 18.7. The van der Waals surface area contributed by atoms with E-state index in [9.17, 15) is 14.4 Å². The maximum atomic E-state index is 13.1. The Hall–Kier alpha value is -4.71. The molecule has 1 aromatic heterocycles. The van der Waals surface area contributed by atoms with E-state index in [4.69, 9.17) is 0 Å². The monoisotopic (exact) mass is 459 g/mol. The maximum absolute atomic E-state index is 13.1. The van der Waals surface area contributed by atoms with E-state index in [1.165, 1.54) is 0 Å². The SMILES string of the molecule is O=C1CC(=O)C(c2ccc(NC(=O)c3c[nH]c4ccccc34)cc2)c2ccc3ccccc3c2N1. The molecule has 0 fully saturated rings. The summed E-state index contributed by atoms with van der Waals surface area (Å²) in [5.74, 6) is -1.26. The van der Waals surface area contributed by atoms with Crippen molar-refractivity contribution in [2.75, 3.05) is 10.6 Å². The molecule has 35 heavy (non-hydrogen) atoms. The maximum Gasteiger partial charge on any atom is 0.257 e. The quantitative estimate of drug-likeness (QED) is 0.306. The van der Waals surface area contributed by atoms with Gasteiger partial charge in [0.1, 0.15) is 0 Å². The first-order chi connectivity index (χ1) is 17.1. The van der Waals surface area contributed by atoms with Crippen LogP contribution in [-0.2, 0) is 9.59 Å². The Morgan fingerprint density at radius 1 is 0.829 bits per heavy atom. The standard InChI is InChI=1S/C29H21N3O3/c33-25-15-26(34)32-28-20-6-2-1-5-17(20)11-14-22(28)27(25)18-9-12-19(13-10-18)31-29(35)23-16-30-24-8-4-3-7-21(23)24/h1-14,16,27,30H,15H2,(H,31,35)(H,32,34). The molecule has 1 aliphatic heterocycles. The summed E-state index contributed by atoms with van der Waals surface area (Å²) in [6.07, 6.45) is 1.51. The number of anilines is 2. The zero-order valence-corrected chi connectivity index (χ0v) is 18.7. The second kappa shape index (κ2) is 8.25. The van der Waals surface area contributed by atoms with Crippen LogP contribution in [0.25, 0.3) is 21.7 Å². The fourth-order valence-corrected chi connectivity index (χ4v) is 4.87. The van der Waals surface area contributed by atoms with Gasteiger partial charge in [-0.3, -0.25) is 14.4 Å². The number of H-pyrrole nitrogens is 1. The van der Waals surface area contributed by atoms with Crippen LogP contribution in [0.1, 0.15) is 33.8 Å². The number of carbonyl (C=O) groups excluding carboxylic acids is 3. The number of hydrogen-bond donors (Lipinski definition) is 3. The number of carbonyl (C=O) groups is 3. The van der Waals surface area contributed by atoms with Crippen molar-refractivity contribution in [3.05, 3.63) is 108 Å². The molecule has 5 aromatic rings. The number of rotatable bonds is 3. The van der Waals surface area contributed by atoms with Gasteiger partial charge >= 0.3 is 0 Å². The van der Waals surface area contributed by atoms with Crippen LogP contribution in [0.4, 0.5) is 11.4 Å². The van der Waals surface area contributed by atoms with Crippen LogP contribution in [0.3, 0.4) is 0 Å². The molecule has 4 aromatic carbocycles. The molecule has 6 heteroatoms. The van der Waals surface area contributed by atoms with Gasteiger partial charge in [-0.05, 0) is 34.7 Å². The normalized spacial score (nSPS) is 15.5. The largest absolute Gasteiger partial charge is 0.360 e. The molecule has 1 atom stereocenters. The first kappa shape index (κ1) is 20.9. The lowest BCUT2D eigenvalue weighted by Crippen LogP contribution is -2.16. The lowest BCUT2D eigenvalue weighted by Gasteiger charge is -2.18. The van der Waals surface area contributed by atoms with E-state index in [2.05, 4.69) is 15.6 Å². The van der Waals surface area contributed by atoms with Crippen LogP contribution in [0.2, 0.25) is 0 Å². The molecule has 0 bridgehead atoms. The fourth-order valence-electron chi connectivity index (χ4n) is 4.87. The first-order valence-electron chi connectivity index (χ1n) is 11.4. The minimum Gasteiger partial charge on any atom is -0.360 e. The lowest BCUT2D eigenvalue weighted by molar-refractivity contribution is -0.125. The number of aromatic amines is 1. The summed E-state index contributed by atoms with van der Waals surface area (Å²) in [7, 11) is 0. The highest BCUT2D eigenvalue weighted by Crippen LogP contribution is 2.39. The van der Waals surface area contributed by atoms with Crippen LogP contribution in [0, 0.1) is 0 Å². The number of aromatic nitrogens is 1. The van der Waals surface area contributed by atoms with Crippen molar-refractivity contribution < 1.29 is 14.4 Å². The fraction of sp³-hybridized carbons (Fsp3) is 0.0690. The van der Waals surface area contributed by atoms with Gasteiger partial charge in [0, 0.05) is 28.2 Å². The minimum atomic E-state index is -0.577. The van der Waals surface area contributed by atoms with Gasteiger partial charge in [0.05, 0.1) is 23.6 Å². The summed E-state index contributed by atoms with van der Waals surface area (Å²) in [5.41, 5.74) is 4.31. The van der Waals surface area contributed by atoms with E-state index < -0.39 is 5.92 Å². The predicted octanol–water partition coefficient (Wildman–Crippen LogP) is 5.62. The summed E-state index contributed by atoms with van der Waals surface area (Å²) in [6, 6.07) is 26.6. The average Bonchev–Trinajstić information content (AvgIpc) is 3.25. The van der Waals surface area contributed by atoms with Gasteiger partial charge in [-0.2, -0.15) is 0 Å². The van der Waals surface area contributed by atoms with E-state index in [1.54, 1.807) is 18.3 Å². The summed E-state index contributed by atoms with van der Waals surface area (Å²) >= 11 is 0. The molecular formula is C29H21N3O3. The Morgan fingerprint density at radius 3 is 2.40 bits per heavy atom. The topological polar surface area (TPSA) is 91.1 Å². The Labute approximate surface area is 201 Å². The summed E-state index contributed by atoms with van der Waals surface area (Å²) in [5, 5.41) is 8.63. The van der Waals surface area contributed by atoms with Crippen molar-refractivity contribution in [3.8, 4) is 0 Å². The number of ketones is 1. The molecule has 2 amide bonds. The van der Waals surface area contributed by atoms with Crippen LogP contribution >= 0.6 is 0 Å². The van der Waals surface area contributed by atoms with E-state index in [0.29, 0.717) is 16.9 Å². The average molecular weight is 460 g/mol. The molecule has 2 heterocycles. The molecule has 0 spiro atoms. The van der Waals surface area contributed by atoms with Crippen LogP contribution in [-0.4, -0.2) is 22.6 Å². The van der Waals surface area contributed by atoms with E-state index in [1.807, 2.05) is 72.8 Å². The predicted molar refractivity (Wildman–Crippen MR) is 137 cm³/mol. The third-order valence-electron chi connectivity index (χ3n) is 6.53. The molecular weight excluding hydrogens is 438 g/mol. The molecule has 3 N–H and O–H groups in total. The van der Waals surface area contributed by atoms with Crippen LogP contribution < -0.4 is 10.6 Å². The molecule has 170 valence electrons. The lowest BCUT2D eigenvalue weighted by atomic mass is 9.85. The van der Waals surface area contributed by atoms with Crippen molar-refractivity contribution in [2.24, 2.45) is 0 Å². The van der Waals surface area contributed by atoms with Crippen LogP contribution in [0.5, 0.6) is 0 Å². The Bertz CT molecular complexity index is 1630. The number of nitrogens with one attached hydrogen (secondary N) is 3. The number of amides is 2. The van der Waals surface area contributed by atoms with E-state index in [-0.39, 0.29) is 24.0 Å². The molecule has 0 saturated heterocycles. The van der Waals surface area contributed by atoms with Gasteiger partial charge in [0.2, 0.25) is 5.91 Å². The number of Topliss-reactive ketones (excluding diaryl/α,β-unsaturated/α-hetero) is 1. The highest BCUT2D eigenvalue weighted by molar-refractivity contribution is 6.15. The zero-order chi connectivity index (χ0) is 23.9. The van der Waals surface area contributed by atoms with Crippen molar-refractivity contribution in [3.63, 3.8) is 0 Å². The number of benzene rings is 4. The highest BCUT2D eigenvalue weighted by Gasteiger charge is 2.31. The van der Waals surface area contributed by atoms with Crippen molar-refractivity contribution >= 4 is 50.6 Å². The van der Waals surface area contributed by atoms with Crippen molar-refractivity contribution in [2.45, 2.75) is 12.3 Å². The summed E-state index contributed by atoms with van der Waals surface area (Å²) in [4.78, 5) is 41.6. The van der Waals surface area contributed by atoms with Gasteiger partial charge in [-0.1, -0.05) is 66.7 Å². The second-order valence-corrected chi connectivity index (χ2v) is 8.70. The third-order valence-corrected chi connectivity index (χ3v) is 6.53. The van der Waals surface area contributed by atoms with Gasteiger partial charge < -0.3 is 15.6 Å². The first-order valence-corrected chi connectivity index (χ1v) is 11.4. The van der Waals surface area contributed by atoms with E-state index in [0.717, 1.165) is 32.8 Å². The summed E-state index contributed by atoms with van der Waals surface area (Å²) < 4.78 is 0. The third kappa shape index (κ3) is 3.65. The van der Waals surface area contributed by atoms with Crippen molar-refractivity contribution in [1.29, 1.82) is 0 Å². The molecule has 1 aliphatic rings. The smallest absolute Gasteiger partial charge is 0.257 e. The second-order valence-electron chi connectivity index (χ2n) is 8.70. The van der Waals surface area contributed by atoms with Crippen molar-refractivity contribution in [1.82, 2.24) is 4.98 Å². The Balaban J connectivity index is 1.33. The number of para-hydroxylation sites is 1. The van der Waals surface area contributed by atoms with Crippen LogP contribution in [0.15, 0.2) is 91.1 Å². The highest BCUT2D eigenvalue weighted by atomic mass is 16.2. The van der Waals surface area contributed by atoms with Gasteiger partial charge in [-0.25, -0.2) is 0 Å². The number of hydrogen-bond acceptors (Lipinski definition) is 3. The van der Waals surface area contributed by atoms with Gasteiger partial charge in [0.15, 0.2) is 5.78 Å². The number of fused-ring (bicyclic) bond motifs is 4. The Kier molecular flexibility index (Phi) is 4.92. The minimum absolute atomic E-state index is 0.160. The van der Waals surface area contributed by atoms with E-state index >= 15 is 0 Å². The molecule has 0 radical (unpaired) electrons. The molecule has 0 saturated carbocycles. The van der Waals surface area contributed by atoms with Gasteiger partial charge in [-0.15, -0.1) is 0 Å².